The number of rotatable bonds is 6. The summed E-state index contributed by atoms with van der Waals surface area (Å²) in [4.78, 5) is 10.3. The number of aryl methyl sites for hydroxylation is 1. The number of benzene rings is 6. The van der Waals surface area contributed by atoms with E-state index in [2.05, 4.69) is 140 Å². The van der Waals surface area contributed by atoms with Gasteiger partial charge in [0, 0.05) is 55.0 Å². The summed E-state index contributed by atoms with van der Waals surface area (Å²) >= 11 is 0. The van der Waals surface area contributed by atoms with E-state index >= 15 is 0 Å². The van der Waals surface area contributed by atoms with Gasteiger partial charge in [-0.25, -0.2) is 4.98 Å². The van der Waals surface area contributed by atoms with Crippen LogP contribution in [-0.2, 0) is 53.6 Å². The van der Waals surface area contributed by atoms with Crippen molar-refractivity contribution in [2.75, 3.05) is 0 Å². The van der Waals surface area contributed by atoms with Gasteiger partial charge in [0.05, 0.1) is 22.3 Å². The molecular formula is C67H78N3OPt-. The molecule has 0 aliphatic heterocycles. The first-order valence-corrected chi connectivity index (χ1v) is 24.6. The molecule has 378 valence electrons. The van der Waals surface area contributed by atoms with E-state index in [1.54, 1.807) is 18.3 Å². The van der Waals surface area contributed by atoms with Gasteiger partial charge in [-0.1, -0.05) is 208 Å². The van der Waals surface area contributed by atoms with Gasteiger partial charge in [-0.2, -0.15) is 0 Å². The monoisotopic (exact) mass is 1150 g/mol. The van der Waals surface area contributed by atoms with Crippen molar-refractivity contribution in [3.63, 3.8) is 0 Å². The maximum atomic E-state index is 12.6. The Bertz CT molecular complexity index is 3710. The molecule has 0 bridgehead atoms. The molecule has 5 heteroatoms. The molecule has 0 saturated carbocycles. The Morgan fingerprint density at radius 3 is 1.65 bits per heavy atom. The number of phenolic OH excluding ortho intramolecular Hbond substituents is 1. The molecule has 4 nitrogen and oxygen atoms in total. The van der Waals surface area contributed by atoms with Gasteiger partial charge in [-0.05, 0) is 120 Å². The van der Waals surface area contributed by atoms with Crippen LogP contribution in [0.2, 0.25) is 0 Å². The average Bonchev–Trinajstić information content (AvgIpc) is 0.939. The van der Waals surface area contributed by atoms with E-state index in [1.165, 1.54) is 24.3 Å². The van der Waals surface area contributed by atoms with Crippen LogP contribution in [0.3, 0.4) is 0 Å². The van der Waals surface area contributed by atoms with Crippen molar-refractivity contribution < 1.29 is 42.6 Å². The summed E-state index contributed by atoms with van der Waals surface area (Å²) < 4.78 is 104. The van der Waals surface area contributed by atoms with E-state index in [1.807, 2.05) is 53.1 Å². The van der Waals surface area contributed by atoms with Gasteiger partial charge in [-0.3, -0.25) is 9.55 Å². The predicted molar refractivity (Wildman–Crippen MR) is 303 cm³/mol. The third-order valence-electron chi connectivity index (χ3n) is 13.7. The fourth-order valence-electron chi connectivity index (χ4n) is 9.08. The Kier molecular flexibility index (Phi) is 10.6. The quantitative estimate of drug-likeness (QED) is 0.169. The van der Waals surface area contributed by atoms with Crippen LogP contribution < -0.4 is 0 Å². The fraction of sp³-hybridized carbons (Fsp3) is 0.373. The summed E-state index contributed by atoms with van der Waals surface area (Å²) in [5.41, 5.74) is 7.23. The van der Waals surface area contributed by atoms with Crippen LogP contribution in [0.1, 0.15) is 180 Å². The molecule has 0 aliphatic carbocycles. The Labute approximate surface area is 463 Å². The zero-order valence-corrected chi connectivity index (χ0v) is 46.9. The maximum absolute atomic E-state index is 12.6. The second-order valence-electron chi connectivity index (χ2n) is 24.6. The number of hydrogen-bond donors (Lipinski definition) is 1. The molecule has 2 heterocycles. The molecule has 8 aromatic rings. The topological polar surface area (TPSA) is 50.9 Å². The van der Waals surface area contributed by atoms with Crippen molar-refractivity contribution in [2.45, 2.75) is 164 Å². The van der Waals surface area contributed by atoms with Gasteiger partial charge in [0.15, 0.2) is 0 Å². The summed E-state index contributed by atoms with van der Waals surface area (Å²) in [6.45, 7) is 19.1. The number of aromatic nitrogens is 3. The van der Waals surface area contributed by atoms with Crippen LogP contribution in [-0.4, -0.2) is 19.6 Å². The second-order valence-corrected chi connectivity index (χ2v) is 24.6. The molecule has 0 saturated heterocycles. The Morgan fingerprint density at radius 2 is 1.07 bits per heavy atom. The normalized spacial score (nSPS) is 16.0. The van der Waals surface area contributed by atoms with E-state index in [4.69, 9.17) is 22.3 Å². The van der Waals surface area contributed by atoms with E-state index in [0.29, 0.717) is 61.6 Å². The molecule has 0 unspecified atom stereocenters. The van der Waals surface area contributed by atoms with Crippen molar-refractivity contribution in [2.24, 2.45) is 0 Å². The first kappa shape index (κ1) is 39.9. The Balaban J connectivity index is 0.0000101. The first-order valence-electron chi connectivity index (χ1n) is 30.6. The number of hydrogen-bond acceptors (Lipinski definition) is 3. The SMILES string of the molecule is [2H]C([2H])([2H])c1cc(-c2cc(C(C)(C)C)cc(C(C)(C)C)c2)ccc1-n1c(-c2cc(C(C)(C)C)cc(C(C)(C)C)c2O)nc2c(-c3[c-]c(-c4cc(-c5ccc(C(C([2H])([2H])[2H])(C([2H])([2H])[2H])C([2H])([2H])[2H])cc5)ccn4)cc(C(C)(C)C)c3)cccc21.[Pt]. The summed E-state index contributed by atoms with van der Waals surface area (Å²) in [6.07, 6.45) is 1.63. The molecule has 1 N–H and O–H groups in total. The molecule has 0 fully saturated rings. The number of imidazole rings is 1. The number of phenols is 1. The first-order chi connectivity index (χ1) is 37.7. The third kappa shape index (κ3) is 11.0. The number of aromatic hydroxyl groups is 1. The zero-order chi connectivity index (χ0) is 62.0. The van der Waals surface area contributed by atoms with Crippen molar-refractivity contribution in [3.8, 4) is 67.5 Å². The minimum Gasteiger partial charge on any atom is -0.507 e. The van der Waals surface area contributed by atoms with Crippen molar-refractivity contribution in [1.82, 2.24) is 14.5 Å². The van der Waals surface area contributed by atoms with Gasteiger partial charge >= 0.3 is 0 Å². The summed E-state index contributed by atoms with van der Waals surface area (Å²) in [5, 5.41) is 12.6. The molecule has 6 aromatic carbocycles. The standard InChI is InChI=1S/C67H78N3O.Pt/c1-41-31-43(45-33-50(64(8,9)10)38-51(34-45)65(11,12)13)25-28-57(41)70-58-22-20-21-53(59(58)69-61(70)54-39-52(66(14,15)16)40-55(60(54)71)67(17,18)19)46-32-47(36-49(35-46)63(5,6)7)56-37-44(29-30-68-56)42-23-26-48(27-24-42)62(2,3)4;/h20-31,33-40,71H,1-19H3;/q-1;/i1D3,2D3,3D3,4D3;. The van der Waals surface area contributed by atoms with E-state index in [-0.39, 0.29) is 54.2 Å². The minimum atomic E-state index is -3.40. The van der Waals surface area contributed by atoms with Crippen molar-refractivity contribution >= 4 is 11.0 Å². The largest absolute Gasteiger partial charge is 0.507 e. The van der Waals surface area contributed by atoms with Gasteiger partial charge < -0.3 is 5.11 Å². The van der Waals surface area contributed by atoms with Crippen LogP contribution in [0.15, 0.2) is 121 Å². The number of pyridine rings is 1. The Hall–Kier alpha value is -5.57. The molecule has 0 spiro atoms. The third-order valence-corrected chi connectivity index (χ3v) is 13.7. The summed E-state index contributed by atoms with van der Waals surface area (Å²) in [7, 11) is 0. The van der Waals surface area contributed by atoms with Crippen LogP contribution in [0.25, 0.3) is 72.7 Å². The van der Waals surface area contributed by atoms with Gasteiger partial charge in [0.2, 0.25) is 0 Å². The molecular weight excluding hydrogens is 1060 g/mol. The van der Waals surface area contributed by atoms with E-state index < -0.39 is 43.7 Å². The molecule has 8 rings (SSSR count). The molecule has 0 atom stereocenters. The minimum absolute atomic E-state index is 0. The average molecular weight is 1150 g/mol. The smallest absolute Gasteiger partial charge is 0.148 e. The van der Waals surface area contributed by atoms with E-state index in [9.17, 15) is 9.22 Å². The number of nitrogens with zero attached hydrogens (tertiary/aromatic N) is 3. The van der Waals surface area contributed by atoms with Crippen molar-refractivity contribution in [1.29, 1.82) is 0 Å². The van der Waals surface area contributed by atoms with Crippen LogP contribution in [0, 0.1) is 12.9 Å². The predicted octanol–water partition coefficient (Wildman–Crippen LogP) is 18.4. The molecule has 72 heavy (non-hydrogen) atoms. The number of fused-ring (bicyclic) bond motifs is 1. The van der Waals surface area contributed by atoms with Gasteiger partial charge in [0.1, 0.15) is 11.6 Å². The van der Waals surface area contributed by atoms with E-state index in [0.717, 1.165) is 38.9 Å². The molecule has 0 radical (unpaired) electrons. The molecule has 2 aromatic heterocycles. The summed E-state index contributed by atoms with van der Waals surface area (Å²) in [5.74, 6) is 0.394. The molecule has 0 aliphatic rings. The Morgan fingerprint density at radius 1 is 0.500 bits per heavy atom. The molecule has 0 amide bonds. The summed E-state index contributed by atoms with van der Waals surface area (Å²) in [6, 6.07) is 39.0. The van der Waals surface area contributed by atoms with Gasteiger partial charge in [-0.15, -0.1) is 29.3 Å². The number of para-hydroxylation sites is 1. The van der Waals surface area contributed by atoms with Crippen molar-refractivity contribution in [3.05, 3.63) is 166 Å². The maximum Gasteiger partial charge on any atom is 0.148 e. The second kappa shape index (κ2) is 19.0. The van der Waals surface area contributed by atoms with Crippen LogP contribution in [0.5, 0.6) is 5.75 Å². The zero-order valence-electron chi connectivity index (χ0n) is 56.7. The van der Waals surface area contributed by atoms with Crippen LogP contribution in [0.4, 0.5) is 0 Å². The fourth-order valence-corrected chi connectivity index (χ4v) is 9.08. The van der Waals surface area contributed by atoms with Crippen LogP contribution >= 0.6 is 0 Å². The van der Waals surface area contributed by atoms with Gasteiger partial charge in [0.25, 0.3) is 0 Å².